The summed E-state index contributed by atoms with van der Waals surface area (Å²) in [6.07, 6.45) is 0.885. The van der Waals surface area contributed by atoms with Crippen LogP contribution in [0.3, 0.4) is 0 Å². The second kappa shape index (κ2) is 11.2. The maximum absolute atomic E-state index is 12.2. The van der Waals surface area contributed by atoms with Crippen molar-refractivity contribution in [1.82, 2.24) is 10.6 Å². The maximum Gasteiger partial charge on any atom is 0.241 e. The summed E-state index contributed by atoms with van der Waals surface area (Å²) in [4.78, 5) is 24.3. The van der Waals surface area contributed by atoms with Gasteiger partial charge in [0.25, 0.3) is 0 Å². The van der Waals surface area contributed by atoms with E-state index >= 15 is 0 Å². The van der Waals surface area contributed by atoms with Crippen LogP contribution in [0.4, 0.5) is 0 Å². The van der Waals surface area contributed by atoms with E-state index in [9.17, 15) is 9.59 Å². The molecule has 6 nitrogen and oxygen atoms in total. The minimum Gasteiger partial charge on any atom is -0.494 e. The molecular formula is C23H31N3O3. The van der Waals surface area contributed by atoms with E-state index in [1.165, 1.54) is 0 Å². The zero-order chi connectivity index (χ0) is 21.2. The van der Waals surface area contributed by atoms with Crippen LogP contribution in [-0.2, 0) is 9.59 Å². The summed E-state index contributed by atoms with van der Waals surface area (Å²) in [5.74, 6) is 0.523. The highest BCUT2D eigenvalue weighted by Gasteiger charge is 2.15. The molecule has 4 N–H and O–H groups in total. The van der Waals surface area contributed by atoms with Crippen molar-refractivity contribution in [3.63, 3.8) is 0 Å². The highest BCUT2D eigenvalue weighted by molar-refractivity contribution is 5.83. The molecule has 0 aliphatic heterocycles. The molecular weight excluding hydrogens is 366 g/mol. The van der Waals surface area contributed by atoms with Gasteiger partial charge in [-0.2, -0.15) is 0 Å². The van der Waals surface area contributed by atoms with Crippen molar-refractivity contribution in [3.05, 3.63) is 65.2 Å². The van der Waals surface area contributed by atoms with Crippen LogP contribution in [0.2, 0.25) is 0 Å². The Morgan fingerprint density at radius 2 is 1.66 bits per heavy atom. The first-order valence-electron chi connectivity index (χ1n) is 10.0. The first-order valence-corrected chi connectivity index (χ1v) is 10.0. The first-order chi connectivity index (χ1) is 13.9. The fourth-order valence-corrected chi connectivity index (χ4v) is 2.91. The molecule has 0 aliphatic rings. The van der Waals surface area contributed by atoms with Gasteiger partial charge in [0.1, 0.15) is 11.8 Å². The summed E-state index contributed by atoms with van der Waals surface area (Å²) in [7, 11) is 0. The van der Waals surface area contributed by atoms with Crippen molar-refractivity contribution in [1.29, 1.82) is 0 Å². The third-order valence-electron chi connectivity index (χ3n) is 4.67. The third kappa shape index (κ3) is 7.23. The van der Waals surface area contributed by atoms with E-state index in [1.54, 1.807) is 0 Å². The summed E-state index contributed by atoms with van der Waals surface area (Å²) >= 11 is 0. The lowest BCUT2D eigenvalue weighted by Crippen LogP contribution is -2.35. The largest absolute Gasteiger partial charge is 0.494 e. The molecule has 0 aromatic heterocycles. The van der Waals surface area contributed by atoms with Crippen LogP contribution in [0.5, 0.6) is 5.75 Å². The highest BCUT2D eigenvalue weighted by Crippen LogP contribution is 2.18. The highest BCUT2D eigenvalue weighted by atomic mass is 16.5. The molecule has 156 valence electrons. The molecule has 6 heteroatoms. The molecule has 0 spiro atoms. The quantitative estimate of drug-likeness (QED) is 0.537. The molecule has 2 aromatic carbocycles. The lowest BCUT2D eigenvalue weighted by atomic mass is 10.1. The molecule has 0 radical (unpaired) electrons. The second-order valence-corrected chi connectivity index (χ2v) is 7.07. The number of nitrogens with two attached hydrogens (primary N) is 1. The Morgan fingerprint density at radius 3 is 2.28 bits per heavy atom. The Hall–Kier alpha value is -2.86. The van der Waals surface area contributed by atoms with Gasteiger partial charge in [-0.05, 0) is 50.5 Å². The number of nitrogens with one attached hydrogen (secondary N) is 2. The molecule has 2 amide bonds. The molecule has 0 fully saturated rings. The summed E-state index contributed by atoms with van der Waals surface area (Å²) in [5.41, 5.74) is 8.89. The summed E-state index contributed by atoms with van der Waals surface area (Å²) < 4.78 is 5.43. The van der Waals surface area contributed by atoms with Crippen molar-refractivity contribution < 1.29 is 14.3 Å². The van der Waals surface area contributed by atoms with E-state index in [2.05, 4.69) is 10.6 Å². The van der Waals surface area contributed by atoms with Gasteiger partial charge >= 0.3 is 0 Å². The number of hydrogen-bond acceptors (Lipinski definition) is 4. The molecule has 29 heavy (non-hydrogen) atoms. The van der Waals surface area contributed by atoms with Crippen molar-refractivity contribution >= 4 is 11.8 Å². The van der Waals surface area contributed by atoms with Crippen LogP contribution in [0.25, 0.3) is 0 Å². The Kier molecular flexibility index (Phi) is 8.68. The van der Waals surface area contributed by atoms with Gasteiger partial charge in [-0.3, -0.25) is 9.59 Å². The first kappa shape index (κ1) is 22.4. The Bertz CT molecular complexity index is 788. The van der Waals surface area contributed by atoms with Crippen molar-refractivity contribution in [2.24, 2.45) is 5.73 Å². The van der Waals surface area contributed by atoms with Crippen LogP contribution >= 0.6 is 0 Å². The van der Waals surface area contributed by atoms with E-state index < -0.39 is 6.04 Å². The molecule has 0 aliphatic carbocycles. The number of rotatable bonds is 10. The van der Waals surface area contributed by atoms with E-state index in [-0.39, 0.29) is 17.9 Å². The number of amides is 2. The van der Waals surface area contributed by atoms with Crippen LogP contribution < -0.4 is 21.1 Å². The smallest absolute Gasteiger partial charge is 0.241 e. The number of benzene rings is 2. The molecule has 2 atom stereocenters. The van der Waals surface area contributed by atoms with Crippen molar-refractivity contribution in [2.75, 3.05) is 13.2 Å². The predicted molar refractivity (Wildman–Crippen MR) is 115 cm³/mol. The fourth-order valence-electron chi connectivity index (χ4n) is 2.91. The van der Waals surface area contributed by atoms with Gasteiger partial charge in [-0.25, -0.2) is 0 Å². The van der Waals surface area contributed by atoms with Gasteiger partial charge in [-0.1, -0.05) is 42.0 Å². The second-order valence-electron chi connectivity index (χ2n) is 7.07. The van der Waals surface area contributed by atoms with E-state index in [1.807, 2.05) is 69.3 Å². The summed E-state index contributed by atoms with van der Waals surface area (Å²) in [5, 5.41) is 5.77. The molecule has 0 bridgehead atoms. The van der Waals surface area contributed by atoms with Crippen LogP contribution in [0, 0.1) is 6.92 Å². The van der Waals surface area contributed by atoms with Gasteiger partial charge in [-0.15, -0.1) is 0 Å². The monoisotopic (exact) mass is 397 g/mol. The number of carbonyl (C=O) groups is 2. The van der Waals surface area contributed by atoms with Crippen LogP contribution in [0.15, 0.2) is 48.5 Å². The number of aryl methyl sites for hydroxylation is 1. The Balaban J connectivity index is 1.69. The zero-order valence-electron chi connectivity index (χ0n) is 17.4. The van der Waals surface area contributed by atoms with Crippen molar-refractivity contribution in [2.45, 2.75) is 45.7 Å². The standard InChI is InChI=1S/C23H31N3O3/c1-4-29-20-13-11-18(12-14-20)17(3)26-21(27)6-5-15-25-23(28)22(24)19-9-7-16(2)8-10-19/h7-14,17,22H,4-6,15,24H2,1-3H3,(H,25,28)(H,26,27). The number of hydrogen-bond donors (Lipinski definition) is 3. The maximum atomic E-state index is 12.2. The lowest BCUT2D eigenvalue weighted by molar-refractivity contribution is -0.124. The predicted octanol–water partition coefficient (Wildman–Crippen LogP) is 3.17. The van der Waals surface area contributed by atoms with Gasteiger partial charge in [0, 0.05) is 13.0 Å². The number of ether oxygens (including phenoxy) is 1. The van der Waals surface area contributed by atoms with Gasteiger partial charge in [0.15, 0.2) is 0 Å². The average Bonchev–Trinajstić information content (AvgIpc) is 2.71. The minimum absolute atomic E-state index is 0.0523. The topological polar surface area (TPSA) is 93.5 Å². The molecule has 0 saturated heterocycles. The van der Waals surface area contributed by atoms with E-state index in [0.29, 0.717) is 26.0 Å². The molecule has 0 heterocycles. The molecule has 2 rings (SSSR count). The lowest BCUT2D eigenvalue weighted by Gasteiger charge is -2.15. The van der Waals surface area contributed by atoms with Crippen LogP contribution in [-0.4, -0.2) is 25.0 Å². The van der Waals surface area contributed by atoms with Gasteiger partial charge in [0.05, 0.1) is 12.6 Å². The fraction of sp³-hybridized carbons (Fsp3) is 0.391. The Labute approximate surface area is 172 Å². The summed E-state index contributed by atoms with van der Waals surface area (Å²) in [6, 6.07) is 14.5. The normalized spacial score (nSPS) is 12.7. The van der Waals surface area contributed by atoms with E-state index in [4.69, 9.17) is 10.5 Å². The average molecular weight is 398 g/mol. The van der Waals surface area contributed by atoms with Gasteiger partial charge < -0.3 is 21.1 Å². The molecule has 2 unspecified atom stereocenters. The SMILES string of the molecule is CCOc1ccc(C(C)NC(=O)CCCNC(=O)C(N)c2ccc(C)cc2)cc1. The van der Waals surface area contributed by atoms with Crippen LogP contribution in [0.1, 0.15) is 55.5 Å². The summed E-state index contributed by atoms with van der Waals surface area (Å²) in [6.45, 7) is 6.89. The molecule has 0 saturated carbocycles. The van der Waals surface area contributed by atoms with Crippen molar-refractivity contribution in [3.8, 4) is 5.75 Å². The Morgan fingerprint density at radius 1 is 1.03 bits per heavy atom. The van der Waals surface area contributed by atoms with Gasteiger partial charge in [0.2, 0.25) is 11.8 Å². The van der Waals surface area contributed by atoms with E-state index in [0.717, 1.165) is 22.4 Å². The molecule has 2 aromatic rings. The third-order valence-corrected chi connectivity index (χ3v) is 4.67. The number of carbonyl (C=O) groups excluding carboxylic acids is 2. The minimum atomic E-state index is -0.705. The zero-order valence-corrected chi connectivity index (χ0v) is 17.4.